The Hall–Kier alpha value is -2.77. The van der Waals surface area contributed by atoms with Crippen LogP contribution in [0.3, 0.4) is 0 Å². The van der Waals surface area contributed by atoms with Crippen LogP contribution in [-0.4, -0.2) is 61.0 Å². The van der Waals surface area contributed by atoms with Crippen LogP contribution in [-0.2, 0) is 22.7 Å². The molecule has 0 aliphatic carbocycles. The van der Waals surface area contributed by atoms with Crippen LogP contribution in [0, 0.1) is 0 Å². The van der Waals surface area contributed by atoms with E-state index in [1.165, 1.54) is 6.33 Å². The van der Waals surface area contributed by atoms with Crippen LogP contribution < -0.4 is 0 Å². The van der Waals surface area contributed by atoms with Crippen molar-refractivity contribution in [3.63, 3.8) is 0 Å². The molecule has 1 saturated heterocycles. The SMILES string of the molecule is CCC1CN(C(=O)CCn2cnnn2)CCC(=O)N1Cc1ccccc1. The van der Waals surface area contributed by atoms with Crippen molar-refractivity contribution in [2.45, 2.75) is 45.3 Å². The number of carbonyl (C=O) groups excluding carboxylic acids is 2. The van der Waals surface area contributed by atoms with Crippen molar-refractivity contribution in [2.75, 3.05) is 13.1 Å². The van der Waals surface area contributed by atoms with Crippen molar-refractivity contribution in [2.24, 2.45) is 0 Å². The van der Waals surface area contributed by atoms with E-state index in [0.29, 0.717) is 39.0 Å². The largest absolute Gasteiger partial charge is 0.340 e. The lowest BCUT2D eigenvalue weighted by atomic mass is 10.1. The molecule has 0 N–H and O–H groups in total. The Kier molecular flexibility index (Phi) is 5.93. The quantitative estimate of drug-likeness (QED) is 0.774. The molecule has 0 spiro atoms. The highest BCUT2D eigenvalue weighted by molar-refractivity contribution is 5.80. The summed E-state index contributed by atoms with van der Waals surface area (Å²) < 4.78 is 1.54. The van der Waals surface area contributed by atoms with Gasteiger partial charge in [-0.3, -0.25) is 9.59 Å². The molecule has 8 heteroatoms. The predicted molar refractivity (Wildman–Crippen MR) is 94.7 cm³/mol. The number of aryl methyl sites for hydroxylation is 1. The lowest BCUT2D eigenvalue weighted by Gasteiger charge is -2.31. The van der Waals surface area contributed by atoms with Gasteiger partial charge in [0.15, 0.2) is 0 Å². The molecule has 1 aromatic carbocycles. The molecule has 1 atom stereocenters. The van der Waals surface area contributed by atoms with Crippen LogP contribution in [0.4, 0.5) is 0 Å². The van der Waals surface area contributed by atoms with Crippen molar-refractivity contribution in [1.82, 2.24) is 30.0 Å². The summed E-state index contributed by atoms with van der Waals surface area (Å²) in [5.41, 5.74) is 1.11. The summed E-state index contributed by atoms with van der Waals surface area (Å²) in [6, 6.07) is 10.0. The highest BCUT2D eigenvalue weighted by Gasteiger charge is 2.30. The zero-order valence-corrected chi connectivity index (χ0v) is 15.0. The third-order valence-electron chi connectivity index (χ3n) is 4.75. The molecule has 26 heavy (non-hydrogen) atoms. The van der Waals surface area contributed by atoms with Gasteiger partial charge >= 0.3 is 0 Å². The summed E-state index contributed by atoms with van der Waals surface area (Å²) in [5, 5.41) is 10.9. The van der Waals surface area contributed by atoms with Gasteiger partial charge < -0.3 is 9.80 Å². The van der Waals surface area contributed by atoms with Crippen LogP contribution in [0.2, 0.25) is 0 Å². The monoisotopic (exact) mass is 356 g/mol. The minimum atomic E-state index is 0.0298. The first-order valence-corrected chi connectivity index (χ1v) is 8.99. The zero-order valence-electron chi connectivity index (χ0n) is 15.0. The number of benzene rings is 1. The van der Waals surface area contributed by atoms with Crippen molar-refractivity contribution >= 4 is 11.8 Å². The molecular weight excluding hydrogens is 332 g/mol. The number of rotatable bonds is 6. The average Bonchev–Trinajstić information content (AvgIpc) is 3.13. The predicted octanol–water partition coefficient (Wildman–Crippen LogP) is 1.10. The molecule has 2 aromatic rings. The van der Waals surface area contributed by atoms with Gasteiger partial charge in [-0.15, -0.1) is 5.10 Å². The third-order valence-corrected chi connectivity index (χ3v) is 4.75. The molecule has 0 bridgehead atoms. The Balaban J connectivity index is 1.64. The minimum Gasteiger partial charge on any atom is -0.340 e. The molecular formula is C18H24N6O2. The van der Waals surface area contributed by atoms with Crippen molar-refractivity contribution in [1.29, 1.82) is 0 Å². The third kappa shape index (κ3) is 4.44. The van der Waals surface area contributed by atoms with Gasteiger partial charge in [0.25, 0.3) is 0 Å². The number of amides is 2. The van der Waals surface area contributed by atoms with E-state index < -0.39 is 0 Å². The minimum absolute atomic E-state index is 0.0298. The van der Waals surface area contributed by atoms with Crippen molar-refractivity contribution in [3.05, 3.63) is 42.2 Å². The maximum atomic E-state index is 12.7. The first-order valence-electron chi connectivity index (χ1n) is 8.99. The summed E-state index contributed by atoms with van der Waals surface area (Å²) in [6.45, 7) is 4.13. The highest BCUT2D eigenvalue weighted by Crippen LogP contribution is 2.18. The molecule has 2 amide bonds. The maximum absolute atomic E-state index is 12.7. The molecule has 1 unspecified atom stereocenters. The molecule has 1 aliphatic heterocycles. The second-order valence-corrected chi connectivity index (χ2v) is 6.48. The smallest absolute Gasteiger partial charge is 0.224 e. The Morgan fingerprint density at radius 1 is 1.27 bits per heavy atom. The van der Waals surface area contributed by atoms with Crippen LogP contribution >= 0.6 is 0 Å². The molecule has 1 aliphatic rings. The van der Waals surface area contributed by atoms with Crippen LogP contribution in [0.15, 0.2) is 36.7 Å². The van der Waals surface area contributed by atoms with E-state index >= 15 is 0 Å². The first kappa shape index (κ1) is 18.0. The van der Waals surface area contributed by atoms with E-state index in [-0.39, 0.29) is 17.9 Å². The fourth-order valence-electron chi connectivity index (χ4n) is 3.25. The molecule has 0 saturated carbocycles. The van der Waals surface area contributed by atoms with E-state index in [1.807, 2.05) is 35.2 Å². The van der Waals surface area contributed by atoms with Gasteiger partial charge in [-0.05, 0) is 22.4 Å². The lowest BCUT2D eigenvalue weighted by Crippen LogP contribution is -2.43. The Morgan fingerprint density at radius 2 is 2.08 bits per heavy atom. The fraction of sp³-hybridized carbons (Fsp3) is 0.500. The Morgan fingerprint density at radius 3 is 2.77 bits per heavy atom. The second kappa shape index (κ2) is 8.55. The van der Waals surface area contributed by atoms with E-state index in [2.05, 4.69) is 22.4 Å². The highest BCUT2D eigenvalue weighted by atomic mass is 16.2. The molecule has 138 valence electrons. The number of aromatic nitrogens is 4. The van der Waals surface area contributed by atoms with Crippen LogP contribution in [0.1, 0.15) is 31.7 Å². The van der Waals surface area contributed by atoms with E-state index in [1.54, 1.807) is 9.58 Å². The second-order valence-electron chi connectivity index (χ2n) is 6.48. The summed E-state index contributed by atoms with van der Waals surface area (Å²) in [7, 11) is 0. The van der Waals surface area contributed by atoms with E-state index in [4.69, 9.17) is 0 Å². The van der Waals surface area contributed by atoms with Gasteiger partial charge in [-0.25, -0.2) is 4.68 Å². The molecule has 1 fully saturated rings. The van der Waals surface area contributed by atoms with Gasteiger partial charge in [0.1, 0.15) is 6.33 Å². The standard InChI is InChI=1S/C18H24N6O2/c1-2-16-13-22(17(25)9-11-23-14-19-20-21-23)10-8-18(26)24(16)12-15-6-4-3-5-7-15/h3-7,14,16H,2,8-13H2,1H3. The van der Waals surface area contributed by atoms with E-state index in [9.17, 15) is 9.59 Å². The molecule has 8 nitrogen and oxygen atoms in total. The summed E-state index contributed by atoms with van der Waals surface area (Å²) in [5.74, 6) is 0.143. The van der Waals surface area contributed by atoms with Crippen molar-refractivity contribution < 1.29 is 9.59 Å². The number of carbonyl (C=O) groups is 2. The molecule has 1 aromatic heterocycles. The van der Waals surface area contributed by atoms with Gasteiger partial charge in [-0.2, -0.15) is 0 Å². The number of hydrogen-bond donors (Lipinski definition) is 0. The number of hydrogen-bond acceptors (Lipinski definition) is 5. The molecule has 0 radical (unpaired) electrons. The summed E-state index contributed by atoms with van der Waals surface area (Å²) in [4.78, 5) is 29.0. The van der Waals surface area contributed by atoms with Crippen LogP contribution in [0.5, 0.6) is 0 Å². The topological polar surface area (TPSA) is 84.2 Å². The van der Waals surface area contributed by atoms with Gasteiger partial charge in [0.05, 0.1) is 6.54 Å². The Bertz CT molecular complexity index is 719. The van der Waals surface area contributed by atoms with Gasteiger partial charge in [-0.1, -0.05) is 37.3 Å². The fourth-order valence-corrected chi connectivity index (χ4v) is 3.25. The number of nitrogens with zero attached hydrogens (tertiary/aromatic N) is 6. The van der Waals surface area contributed by atoms with Crippen LogP contribution in [0.25, 0.3) is 0 Å². The normalized spacial score (nSPS) is 18.0. The summed E-state index contributed by atoms with van der Waals surface area (Å²) in [6.07, 6.45) is 3.00. The first-order chi connectivity index (χ1) is 12.7. The summed E-state index contributed by atoms with van der Waals surface area (Å²) >= 11 is 0. The van der Waals surface area contributed by atoms with Gasteiger partial charge in [0, 0.05) is 38.5 Å². The average molecular weight is 356 g/mol. The maximum Gasteiger partial charge on any atom is 0.224 e. The zero-order chi connectivity index (χ0) is 18.4. The van der Waals surface area contributed by atoms with E-state index in [0.717, 1.165) is 12.0 Å². The molecule has 3 rings (SSSR count). The lowest BCUT2D eigenvalue weighted by molar-refractivity contribution is -0.133. The van der Waals surface area contributed by atoms with Crippen molar-refractivity contribution in [3.8, 4) is 0 Å². The van der Waals surface area contributed by atoms with Gasteiger partial charge in [0.2, 0.25) is 11.8 Å². The molecule has 2 heterocycles. The number of tetrazole rings is 1. The Labute approximate surface area is 152 Å².